The van der Waals surface area contributed by atoms with Crippen LogP contribution < -0.4 is 0 Å². The average molecular weight is 431 g/mol. The third kappa shape index (κ3) is 2.61. The molecule has 2 heterocycles. The van der Waals surface area contributed by atoms with Crippen molar-refractivity contribution in [2.45, 2.75) is 83.2 Å². The van der Waals surface area contributed by atoms with E-state index in [2.05, 4.69) is 19.9 Å². The van der Waals surface area contributed by atoms with E-state index in [1.54, 1.807) is 0 Å². The predicted octanol–water partition coefficient (Wildman–Crippen LogP) is 3.57. The molecule has 4 aliphatic carbocycles. The van der Waals surface area contributed by atoms with Crippen LogP contribution in [-0.2, 0) is 28.5 Å². The molecule has 2 spiro atoms. The van der Waals surface area contributed by atoms with E-state index in [-0.39, 0.29) is 34.4 Å². The molecule has 6 heteroatoms. The Morgan fingerprint density at radius 1 is 1.23 bits per heavy atom. The quantitative estimate of drug-likeness (QED) is 0.387. The molecule has 0 aromatic heterocycles. The van der Waals surface area contributed by atoms with Crippen LogP contribution in [0.15, 0.2) is 11.6 Å². The molecule has 0 aromatic rings. The molecule has 2 saturated heterocycles. The van der Waals surface area contributed by atoms with Crippen molar-refractivity contribution < 1.29 is 28.5 Å². The minimum absolute atomic E-state index is 0.0595. The monoisotopic (exact) mass is 430 g/mol. The Hall–Kier alpha value is -1.24. The Kier molecular flexibility index (Phi) is 4.22. The third-order valence-corrected chi connectivity index (χ3v) is 10.0. The zero-order chi connectivity index (χ0) is 21.6. The summed E-state index contributed by atoms with van der Waals surface area (Å²) >= 11 is 0. The molecule has 0 unspecified atom stereocenters. The second-order valence-electron chi connectivity index (χ2n) is 11.3. The Bertz CT molecular complexity index is 858. The molecule has 3 saturated carbocycles. The van der Waals surface area contributed by atoms with Crippen LogP contribution in [0.5, 0.6) is 0 Å². The summed E-state index contributed by atoms with van der Waals surface area (Å²) in [5.74, 6) is 0.558. The number of epoxide rings is 1. The number of hydrogen-bond donors (Lipinski definition) is 0. The molecule has 0 bridgehead atoms. The largest absolute Gasteiger partial charge is 0.466 e. The average Bonchev–Trinajstić information content (AvgIpc) is 3.04. The van der Waals surface area contributed by atoms with Crippen molar-refractivity contribution in [3.8, 4) is 0 Å². The fourth-order valence-electron chi connectivity index (χ4n) is 8.53. The molecule has 6 aliphatic rings. The van der Waals surface area contributed by atoms with E-state index in [1.807, 2.05) is 0 Å². The first-order valence-corrected chi connectivity index (χ1v) is 12.0. The minimum atomic E-state index is -0.494. The van der Waals surface area contributed by atoms with Gasteiger partial charge in [-0.25, -0.2) is 0 Å². The summed E-state index contributed by atoms with van der Waals surface area (Å²) in [6.07, 6.45) is 8.40. The second kappa shape index (κ2) is 6.42. The lowest BCUT2D eigenvalue weighted by atomic mass is 9.44. The maximum absolute atomic E-state index is 13.8. The van der Waals surface area contributed by atoms with Crippen LogP contribution in [0.3, 0.4) is 0 Å². The van der Waals surface area contributed by atoms with Crippen LogP contribution in [0, 0.1) is 28.6 Å². The highest BCUT2D eigenvalue weighted by Crippen LogP contribution is 2.74. The Morgan fingerprint density at radius 3 is 2.74 bits per heavy atom. The summed E-state index contributed by atoms with van der Waals surface area (Å²) in [6.45, 7) is 7.75. The summed E-state index contributed by atoms with van der Waals surface area (Å²) in [5, 5.41) is 0. The van der Waals surface area contributed by atoms with Gasteiger partial charge in [0.05, 0.1) is 25.9 Å². The SMILES string of the molecule is CC(=O)OCCC1=CC[C@H]2[C@@H]3C[C@H]4O[C@]45CC4(CC[C@]5(C)[C@H]3C(=O)C[C@]12C)OCCO4. The van der Waals surface area contributed by atoms with Gasteiger partial charge in [0, 0.05) is 43.9 Å². The number of carbonyl (C=O) groups is 2. The van der Waals surface area contributed by atoms with Gasteiger partial charge in [-0.3, -0.25) is 9.59 Å². The van der Waals surface area contributed by atoms with Crippen molar-refractivity contribution in [1.29, 1.82) is 0 Å². The first-order chi connectivity index (χ1) is 14.7. The predicted molar refractivity (Wildman–Crippen MR) is 111 cm³/mol. The second-order valence-corrected chi connectivity index (χ2v) is 11.3. The van der Waals surface area contributed by atoms with E-state index >= 15 is 0 Å². The van der Waals surface area contributed by atoms with Crippen LogP contribution in [-0.4, -0.2) is 49.1 Å². The molecule has 7 atom stereocenters. The van der Waals surface area contributed by atoms with Crippen molar-refractivity contribution in [2.75, 3.05) is 19.8 Å². The first-order valence-electron chi connectivity index (χ1n) is 12.0. The van der Waals surface area contributed by atoms with E-state index in [4.69, 9.17) is 18.9 Å². The Balaban J connectivity index is 1.27. The van der Waals surface area contributed by atoms with Gasteiger partial charge in [0.25, 0.3) is 0 Å². The zero-order valence-corrected chi connectivity index (χ0v) is 18.9. The van der Waals surface area contributed by atoms with Crippen LogP contribution in [0.4, 0.5) is 0 Å². The van der Waals surface area contributed by atoms with E-state index < -0.39 is 5.79 Å². The number of ketones is 1. The molecule has 31 heavy (non-hydrogen) atoms. The van der Waals surface area contributed by atoms with Gasteiger partial charge in [0.15, 0.2) is 5.79 Å². The smallest absolute Gasteiger partial charge is 0.302 e. The van der Waals surface area contributed by atoms with E-state index in [0.717, 1.165) is 38.5 Å². The normalized spacial score (nSPS) is 49.0. The molecule has 170 valence electrons. The maximum Gasteiger partial charge on any atom is 0.302 e. The number of allylic oxidation sites excluding steroid dienone is 1. The summed E-state index contributed by atoms with van der Waals surface area (Å²) < 4.78 is 23.8. The number of rotatable bonds is 3. The topological polar surface area (TPSA) is 74.4 Å². The number of esters is 1. The van der Waals surface area contributed by atoms with Gasteiger partial charge in [-0.1, -0.05) is 25.5 Å². The molecule has 5 fully saturated rings. The highest BCUT2D eigenvalue weighted by molar-refractivity contribution is 5.85. The Labute approximate surface area is 184 Å². The van der Waals surface area contributed by atoms with Crippen LogP contribution in [0.1, 0.15) is 65.7 Å². The van der Waals surface area contributed by atoms with Gasteiger partial charge >= 0.3 is 5.97 Å². The molecule has 0 aromatic carbocycles. The minimum Gasteiger partial charge on any atom is -0.466 e. The molecule has 0 radical (unpaired) electrons. The fraction of sp³-hybridized carbons (Fsp3) is 0.840. The van der Waals surface area contributed by atoms with Gasteiger partial charge < -0.3 is 18.9 Å². The first kappa shape index (κ1) is 20.4. The molecule has 6 nitrogen and oxygen atoms in total. The number of hydrogen-bond acceptors (Lipinski definition) is 6. The molecule has 6 rings (SSSR count). The van der Waals surface area contributed by atoms with Crippen molar-refractivity contribution >= 4 is 11.8 Å². The lowest BCUT2D eigenvalue weighted by Gasteiger charge is -2.59. The summed E-state index contributed by atoms with van der Waals surface area (Å²) in [7, 11) is 0. The zero-order valence-electron chi connectivity index (χ0n) is 18.9. The van der Waals surface area contributed by atoms with Crippen molar-refractivity contribution in [1.82, 2.24) is 0 Å². The number of ether oxygens (including phenoxy) is 4. The van der Waals surface area contributed by atoms with Crippen molar-refractivity contribution in [3.05, 3.63) is 11.6 Å². The standard InChI is InChI=1S/C25H34O6/c1-15(26)28-9-6-16-4-5-18-17-12-20-25(31-20)14-24(29-10-11-30-24)8-7-23(25,3)21(17)19(27)13-22(16,18)2/h4,17-18,20-21H,5-14H2,1-3H3/t17-,18-,20+,21+,22+,23+,25+/m0/s1. The molecular weight excluding hydrogens is 396 g/mol. The van der Waals surface area contributed by atoms with Gasteiger partial charge in [-0.05, 0) is 36.5 Å². The highest BCUT2D eigenvalue weighted by Gasteiger charge is 2.79. The molecule has 2 aliphatic heterocycles. The van der Waals surface area contributed by atoms with Crippen LogP contribution in [0.2, 0.25) is 0 Å². The Morgan fingerprint density at radius 2 is 2.00 bits per heavy atom. The van der Waals surface area contributed by atoms with Crippen LogP contribution in [0.25, 0.3) is 0 Å². The highest BCUT2D eigenvalue weighted by atomic mass is 16.7. The molecule has 0 amide bonds. The van der Waals surface area contributed by atoms with E-state index in [1.165, 1.54) is 12.5 Å². The fourth-order valence-corrected chi connectivity index (χ4v) is 8.53. The van der Waals surface area contributed by atoms with Gasteiger partial charge in [0.1, 0.15) is 11.4 Å². The molecular formula is C25H34O6. The molecule has 0 N–H and O–H groups in total. The number of carbonyl (C=O) groups excluding carboxylic acids is 2. The lowest BCUT2D eigenvalue weighted by Crippen LogP contribution is -2.63. The third-order valence-electron chi connectivity index (χ3n) is 10.0. The van der Waals surface area contributed by atoms with Gasteiger partial charge in [-0.15, -0.1) is 0 Å². The lowest BCUT2D eigenvalue weighted by molar-refractivity contribution is -0.224. The summed E-state index contributed by atoms with van der Waals surface area (Å²) in [4.78, 5) is 25.0. The van der Waals surface area contributed by atoms with E-state index in [0.29, 0.717) is 43.9 Å². The van der Waals surface area contributed by atoms with Crippen molar-refractivity contribution in [3.63, 3.8) is 0 Å². The van der Waals surface area contributed by atoms with Gasteiger partial charge in [-0.2, -0.15) is 0 Å². The maximum atomic E-state index is 13.8. The summed E-state index contributed by atoms with van der Waals surface area (Å²) in [5.41, 5.74) is 0.793. The summed E-state index contributed by atoms with van der Waals surface area (Å²) in [6, 6.07) is 0. The van der Waals surface area contributed by atoms with Crippen molar-refractivity contribution in [2.24, 2.45) is 28.6 Å². The number of Topliss-reactive ketones (excluding diaryl/α,β-unsaturated/α-hetero) is 1. The van der Waals surface area contributed by atoms with Crippen LogP contribution >= 0.6 is 0 Å². The number of fused-ring (bicyclic) bond motifs is 4. The van der Waals surface area contributed by atoms with Gasteiger partial charge in [0.2, 0.25) is 0 Å². The van der Waals surface area contributed by atoms with E-state index in [9.17, 15) is 9.59 Å².